The number of aromatic amines is 1. The summed E-state index contributed by atoms with van der Waals surface area (Å²) in [7, 11) is 0. The second-order valence-corrected chi connectivity index (χ2v) is 5.12. The van der Waals surface area contributed by atoms with E-state index in [0.717, 1.165) is 29.3 Å². The highest BCUT2D eigenvalue weighted by Crippen LogP contribution is 2.25. The number of fused-ring (bicyclic) bond motifs is 1. The molecular weight excluding hydrogens is 210 g/mol. The average molecular weight is 229 g/mol. The van der Waals surface area contributed by atoms with E-state index in [-0.39, 0.29) is 0 Å². The average Bonchev–Trinajstić information content (AvgIpc) is 2.57. The number of hydrogen-bond acceptors (Lipinski definition) is 2. The van der Waals surface area contributed by atoms with Crippen LogP contribution in [0.4, 0.5) is 0 Å². The molecule has 0 aromatic carbocycles. The van der Waals surface area contributed by atoms with Crippen molar-refractivity contribution in [2.24, 2.45) is 5.92 Å². The lowest BCUT2D eigenvalue weighted by molar-refractivity contribution is 0.450. The second kappa shape index (κ2) is 4.86. The molecule has 0 amide bonds. The van der Waals surface area contributed by atoms with Gasteiger partial charge in [-0.05, 0) is 18.1 Å². The number of imidazole rings is 1. The van der Waals surface area contributed by atoms with Crippen LogP contribution in [0.1, 0.15) is 44.3 Å². The van der Waals surface area contributed by atoms with E-state index in [2.05, 4.69) is 15.0 Å². The molecule has 0 atom stereocenters. The van der Waals surface area contributed by atoms with Gasteiger partial charge in [0, 0.05) is 12.6 Å². The van der Waals surface area contributed by atoms with Crippen molar-refractivity contribution in [2.45, 2.75) is 44.9 Å². The van der Waals surface area contributed by atoms with Crippen LogP contribution >= 0.6 is 0 Å². The second-order valence-electron chi connectivity index (χ2n) is 5.12. The number of nitrogens with one attached hydrogen (secondary N) is 1. The Bertz CT molecular complexity index is 448. The van der Waals surface area contributed by atoms with Gasteiger partial charge in [-0.15, -0.1) is 0 Å². The third kappa shape index (κ3) is 2.48. The summed E-state index contributed by atoms with van der Waals surface area (Å²) in [6.07, 6.45) is 11.2. The van der Waals surface area contributed by atoms with E-state index in [0.29, 0.717) is 0 Å². The van der Waals surface area contributed by atoms with Gasteiger partial charge in [-0.3, -0.25) is 0 Å². The number of hydrogen-bond donors (Lipinski definition) is 1. The predicted molar refractivity (Wildman–Crippen MR) is 68.8 cm³/mol. The fraction of sp³-hybridized carbons (Fsp3) is 0.571. The Morgan fingerprint density at radius 2 is 2.00 bits per heavy atom. The number of pyridine rings is 1. The van der Waals surface area contributed by atoms with Crippen LogP contribution in [0.25, 0.3) is 11.2 Å². The van der Waals surface area contributed by atoms with Gasteiger partial charge in [-0.2, -0.15) is 0 Å². The summed E-state index contributed by atoms with van der Waals surface area (Å²) in [5.41, 5.74) is 1.92. The Morgan fingerprint density at radius 3 is 2.76 bits per heavy atom. The Kier molecular flexibility index (Phi) is 3.08. The van der Waals surface area contributed by atoms with Crippen molar-refractivity contribution < 1.29 is 0 Å². The third-order valence-corrected chi connectivity index (χ3v) is 3.76. The summed E-state index contributed by atoms with van der Waals surface area (Å²) in [4.78, 5) is 12.2. The molecule has 0 radical (unpaired) electrons. The highest BCUT2D eigenvalue weighted by molar-refractivity contribution is 5.69. The maximum absolute atomic E-state index is 4.57. The molecule has 0 unspecified atom stereocenters. The van der Waals surface area contributed by atoms with Gasteiger partial charge < -0.3 is 4.98 Å². The van der Waals surface area contributed by atoms with E-state index < -0.39 is 0 Å². The largest absolute Gasteiger partial charge is 0.341 e. The molecule has 2 heterocycles. The standard InChI is InChI=1S/C14H19N3/c1-2-4-7-11(6-3-1)10-13-16-12-8-5-9-15-14(12)17-13/h5,8-9,11H,1-4,6-7,10H2,(H,15,16,17). The first kappa shape index (κ1) is 10.8. The van der Waals surface area contributed by atoms with Gasteiger partial charge in [0.1, 0.15) is 5.82 Å². The van der Waals surface area contributed by atoms with Gasteiger partial charge in [0.15, 0.2) is 5.65 Å². The smallest absolute Gasteiger partial charge is 0.177 e. The number of H-pyrrole nitrogens is 1. The van der Waals surface area contributed by atoms with Crippen LogP contribution in [0.2, 0.25) is 0 Å². The number of nitrogens with zero attached hydrogens (tertiary/aromatic N) is 2. The molecule has 3 nitrogen and oxygen atoms in total. The lowest BCUT2D eigenvalue weighted by Gasteiger charge is -2.11. The molecule has 2 aromatic rings. The first-order valence-electron chi connectivity index (χ1n) is 6.71. The molecule has 1 aliphatic carbocycles. The van der Waals surface area contributed by atoms with Crippen molar-refractivity contribution in [3.63, 3.8) is 0 Å². The van der Waals surface area contributed by atoms with Gasteiger partial charge in [-0.25, -0.2) is 9.97 Å². The molecule has 0 aliphatic heterocycles. The van der Waals surface area contributed by atoms with Crippen LogP contribution in [0.3, 0.4) is 0 Å². The van der Waals surface area contributed by atoms with E-state index in [1.807, 2.05) is 12.1 Å². The maximum Gasteiger partial charge on any atom is 0.177 e. The molecule has 1 aliphatic rings. The van der Waals surface area contributed by atoms with Crippen LogP contribution in [-0.2, 0) is 6.42 Å². The van der Waals surface area contributed by atoms with E-state index in [9.17, 15) is 0 Å². The minimum Gasteiger partial charge on any atom is -0.341 e. The maximum atomic E-state index is 4.57. The molecule has 0 bridgehead atoms. The molecule has 1 saturated carbocycles. The monoisotopic (exact) mass is 229 g/mol. The lowest BCUT2D eigenvalue weighted by Crippen LogP contribution is -2.04. The van der Waals surface area contributed by atoms with Gasteiger partial charge in [-0.1, -0.05) is 38.5 Å². The highest BCUT2D eigenvalue weighted by Gasteiger charge is 2.14. The molecule has 3 heteroatoms. The molecule has 3 rings (SSSR count). The van der Waals surface area contributed by atoms with Crippen molar-refractivity contribution in [3.8, 4) is 0 Å². The van der Waals surface area contributed by atoms with Crippen molar-refractivity contribution in [1.82, 2.24) is 15.0 Å². The summed E-state index contributed by atoms with van der Waals surface area (Å²) >= 11 is 0. The van der Waals surface area contributed by atoms with E-state index >= 15 is 0 Å². The zero-order valence-corrected chi connectivity index (χ0v) is 10.2. The lowest BCUT2D eigenvalue weighted by atomic mass is 9.96. The quantitative estimate of drug-likeness (QED) is 0.801. The van der Waals surface area contributed by atoms with Crippen molar-refractivity contribution in [3.05, 3.63) is 24.2 Å². The molecule has 0 saturated heterocycles. The number of rotatable bonds is 2. The molecular formula is C14H19N3. The zero-order valence-electron chi connectivity index (χ0n) is 10.2. The fourth-order valence-corrected chi connectivity index (χ4v) is 2.83. The Hall–Kier alpha value is -1.38. The molecule has 1 N–H and O–H groups in total. The summed E-state index contributed by atoms with van der Waals surface area (Å²) in [5.74, 6) is 1.93. The Morgan fingerprint density at radius 1 is 1.18 bits per heavy atom. The minimum atomic E-state index is 0.818. The molecule has 90 valence electrons. The van der Waals surface area contributed by atoms with Gasteiger partial charge in [0.05, 0.1) is 5.52 Å². The van der Waals surface area contributed by atoms with Crippen molar-refractivity contribution in [2.75, 3.05) is 0 Å². The summed E-state index contributed by atoms with van der Waals surface area (Å²) in [6.45, 7) is 0. The summed E-state index contributed by atoms with van der Waals surface area (Å²) < 4.78 is 0. The van der Waals surface area contributed by atoms with Crippen LogP contribution in [0.15, 0.2) is 18.3 Å². The van der Waals surface area contributed by atoms with Crippen molar-refractivity contribution >= 4 is 11.2 Å². The SMILES string of the molecule is c1cnc2nc(CC3CCCCCC3)[nH]c2c1. The zero-order chi connectivity index (χ0) is 11.5. The van der Waals surface area contributed by atoms with Gasteiger partial charge >= 0.3 is 0 Å². The number of aromatic nitrogens is 3. The third-order valence-electron chi connectivity index (χ3n) is 3.76. The Labute approximate surface area is 102 Å². The van der Waals surface area contributed by atoms with Crippen LogP contribution in [0.5, 0.6) is 0 Å². The van der Waals surface area contributed by atoms with Gasteiger partial charge in [0.2, 0.25) is 0 Å². The fourth-order valence-electron chi connectivity index (χ4n) is 2.83. The topological polar surface area (TPSA) is 41.6 Å². The molecule has 2 aromatic heterocycles. The first-order chi connectivity index (χ1) is 8.42. The van der Waals surface area contributed by atoms with Crippen LogP contribution in [-0.4, -0.2) is 15.0 Å². The van der Waals surface area contributed by atoms with Crippen molar-refractivity contribution in [1.29, 1.82) is 0 Å². The van der Waals surface area contributed by atoms with Crippen LogP contribution < -0.4 is 0 Å². The molecule has 1 fully saturated rings. The summed E-state index contributed by atoms with van der Waals surface area (Å²) in [6, 6.07) is 4.00. The van der Waals surface area contributed by atoms with E-state index in [4.69, 9.17) is 0 Å². The highest BCUT2D eigenvalue weighted by atomic mass is 15.0. The minimum absolute atomic E-state index is 0.818. The van der Waals surface area contributed by atoms with Crippen LogP contribution in [0, 0.1) is 5.92 Å². The Balaban J connectivity index is 1.75. The first-order valence-corrected chi connectivity index (χ1v) is 6.71. The van der Waals surface area contributed by atoms with Gasteiger partial charge in [0.25, 0.3) is 0 Å². The van der Waals surface area contributed by atoms with E-state index in [1.165, 1.54) is 38.5 Å². The molecule has 0 spiro atoms. The molecule has 17 heavy (non-hydrogen) atoms. The van der Waals surface area contributed by atoms with E-state index in [1.54, 1.807) is 6.20 Å². The summed E-state index contributed by atoms with van der Waals surface area (Å²) in [5, 5.41) is 0. The predicted octanol–water partition coefficient (Wildman–Crippen LogP) is 3.47. The normalized spacial score (nSPS) is 18.4.